The lowest BCUT2D eigenvalue weighted by atomic mass is 10.2. The molecule has 0 aliphatic carbocycles. The van der Waals surface area contributed by atoms with Crippen molar-refractivity contribution in [2.45, 2.75) is 39.0 Å². The second-order valence-electron chi connectivity index (χ2n) is 5.11. The minimum atomic E-state index is -2.01. The number of rotatable bonds is 9. The summed E-state index contributed by atoms with van der Waals surface area (Å²) >= 11 is 1.86. The van der Waals surface area contributed by atoms with Crippen LogP contribution in [0.3, 0.4) is 0 Å². The van der Waals surface area contributed by atoms with Crippen molar-refractivity contribution in [2.75, 3.05) is 11.5 Å². The van der Waals surface area contributed by atoms with Crippen LogP contribution in [0.2, 0.25) is 0 Å². The standard InChI is InChI=1S/C12H22O5S2/c1-8(2)6-18-12(16,5-10(13)14)11(15)17-19-7-9(3)4/h8-9,16H,5-7H2,1-4H3,(H,13,14). The Morgan fingerprint density at radius 3 is 2.11 bits per heavy atom. The lowest BCUT2D eigenvalue weighted by Gasteiger charge is -2.23. The minimum absolute atomic E-state index is 0.237. The monoisotopic (exact) mass is 310 g/mol. The number of hydrogen-bond donors (Lipinski definition) is 2. The molecule has 0 fully saturated rings. The van der Waals surface area contributed by atoms with Gasteiger partial charge in [-0.2, -0.15) is 0 Å². The summed E-state index contributed by atoms with van der Waals surface area (Å²) in [6.45, 7) is 7.79. The predicted octanol–water partition coefficient (Wildman–Crippen LogP) is 2.39. The molecule has 0 aromatic rings. The molecule has 0 aromatic carbocycles. The van der Waals surface area contributed by atoms with E-state index in [1.165, 1.54) is 0 Å². The SMILES string of the molecule is CC(C)CSOC(=O)C(O)(CC(=O)O)SCC(C)C. The zero-order chi connectivity index (χ0) is 15.1. The van der Waals surface area contributed by atoms with Crippen LogP contribution in [-0.4, -0.2) is 38.6 Å². The molecule has 112 valence electrons. The van der Waals surface area contributed by atoms with Gasteiger partial charge in [0, 0.05) is 5.75 Å². The molecular weight excluding hydrogens is 288 g/mol. The molecule has 0 aromatic heterocycles. The van der Waals surface area contributed by atoms with Crippen LogP contribution in [0.1, 0.15) is 34.1 Å². The molecule has 0 amide bonds. The fourth-order valence-corrected chi connectivity index (χ4v) is 2.61. The molecule has 0 heterocycles. The van der Waals surface area contributed by atoms with Gasteiger partial charge in [-0.25, -0.2) is 4.79 Å². The first-order valence-corrected chi connectivity index (χ1v) is 7.99. The second-order valence-corrected chi connectivity index (χ2v) is 7.14. The van der Waals surface area contributed by atoms with Crippen molar-refractivity contribution in [1.82, 2.24) is 0 Å². The van der Waals surface area contributed by atoms with Gasteiger partial charge in [-0.15, -0.1) is 11.8 Å². The van der Waals surface area contributed by atoms with E-state index >= 15 is 0 Å². The van der Waals surface area contributed by atoms with Gasteiger partial charge in [-0.1, -0.05) is 27.7 Å². The quantitative estimate of drug-likeness (QED) is 0.499. The van der Waals surface area contributed by atoms with Crippen LogP contribution < -0.4 is 0 Å². The summed E-state index contributed by atoms with van der Waals surface area (Å²) < 4.78 is 4.89. The lowest BCUT2D eigenvalue weighted by molar-refractivity contribution is -0.152. The second kappa shape index (κ2) is 8.71. The zero-order valence-corrected chi connectivity index (χ0v) is 13.3. The van der Waals surface area contributed by atoms with Crippen LogP contribution in [0.25, 0.3) is 0 Å². The van der Waals surface area contributed by atoms with E-state index in [1.807, 2.05) is 27.7 Å². The van der Waals surface area contributed by atoms with Crippen LogP contribution in [-0.2, 0) is 13.8 Å². The first kappa shape index (κ1) is 18.6. The van der Waals surface area contributed by atoms with E-state index in [9.17, 15) is 14.7 Å². The maximum absolute atomic E-state index is 11.8. The molecule has 0 spiro atoms. The molecule has 0 aliphatic rings. The Balaban J connectivity index is 4.53. The Morgan fingerprint density at radius 2 is 1.68 bits per heavy atom. The van der Waals surface area contributed by atoms with E-state index < -0.39 is 23.3 Å². The molecule has 0 bridgehead atoms. The van der Waals surface area contributed by atoms with Crippen LogP contribution in [0.15, 0.2) is 0 Å². The maximum Gasteiger partial charge on any atom is 0.361 e. The van der Waals surface area contributed by atoms with Gasteiger partial charge in [0.05, 0.1) is 18.5 Å². The number of aliphatic carboxylic acids is 1. The molecule has 0 saturated carbocycles. The Kier molecular flexibility index (Phi) is 8.52. The van der Waals surface area contributed by atoms with Crippen LogP contribution in [0, 0.1) is 11.8 Å². The van der Waals surface area contributed by atoms with Gasteiger partial charge < -0.3 is 14.4 Å². The van der Waals surface area contributed by atoms with Crippen molar-refractivity contribution in [3.05, 3.63) is 0 Å². The Labute approximate surface area is 122 Å². The zero-order valence-electron chi connectivity index (χ0n) is 11.7. The fraction of sp³-hybridized carbons (Fsp3) is 0.833. The molecular formula is C12H22O5S2. The van der Waals surface area contributed by atoms with Gasteiger partial charge in [-0.05, 0) is 17.6 Å². The van der Waals surface area contributed by atoms with E-state index in [2.05, 4.69) is 0 Å². The van der Waals surface area contributed by atoms with Crippen LogP contribution >= 0.6 is 23.8 Å². The molecule has 5 nitrogen and oxygen atoms in total. The highest BCUT2D eigenvalue weighted by Crippen LogP contribution is 2.31. The summed E-state index contributed by atoms with van der Waals surface area (Å²) in [5, 5.41) is 18.9. The molecule has 0 rings (SSSR count). The van der Waals surface area contributed by atoms with Crippen molar-refractivity contribution in [3.63, 3.8) is 0 Å². The van der Waals surface area contributed by atoms with Gasteiger partial charge in [-0.3, -0.25) is 4.79 Å². The van der Waals surface area contributed by atoms with Gasteiger partial charge in [0.1, 0.15) is 0 Å². The van der Waals surface area contributed by atoms with Gasteiger partial charge >= 0.3 is 11.9 Å². The van der Waals surface area contributed by atoms with Crippen LogP contribution in [0.5, 0.6) is 0 Å². The Morgan fingerprint density at radius 1 is 1.16 bits per heavy atom. The third-order valence-electron chi connectivity index (χ3n) is 1.90. The first-order valence-electron chi connectivity index (χ1n) is 6.09. The van der Waals surface area contributed by atoms with E-state index in [0.29, 0.717) is 17.4 Å². The number of carbonyl (C=O) groups is 2. The average molecular weight is 310 g/mol. The number of carboxylic acid groups (broad SMARTS) is 1. The number of carbonyl (C=O) groups excluding carboxylic acids is 1. The lowest BCUT2D eigenvalue weighted by Crippen LogP contribution is -2.38. The summed E-state index contributed by atoms with van der Waals surface area (Å²) in [6.07, 6.45) is -0.661. The maximum atomic E-state index is 11.8. The van der Waals surface area contributed by atoms with Gasteiger partial charge in [0.25, 0.3) is 0 Å². The summed E-state index contributed by atoms with van der Waals surface area (Å²) in [5.74, 6) is -0.469. The van der Waals surface area contributed by atoms with E-state index in [0.717, 1.165) is 23.8 Å². The molecule has 0 aliphatic heterocycles. The van der Waals surface area contributed by atoms with Crippen molar-refractivity contribution in [1.29, 1.82) is 0 Å². The number of aliphatic hydroxyl groups is 1. The highest BCUT2D eigenvalue weighted by molar-refractivity contribution is 8.01. The third kappa shape index (κ3) is 8.39. The fourth-order valence-electron chi connectivity index (χ4n) is 0.980. The number of thioether (sulfide) groups is 1. The third-order valence-corrected chi connectivity index (χ3v) is 4.60. The van der Waals surface area contributed by atoms with Gasteiger partial charge in [0.15, 0.2) is 0 Å². The Bertz CT molecular complexity index is 306. The molecule has 7 heteroatoms. The highest BCUT2D eigenvalue weighted by atomic mass is 32.2. The van der Waals surface area contributed by atoms with Crippen molar-refractivity contribution >= 4 is 35.7 Å². The van der Waals surface area contributed by atoms with Crippen molar-refractivity contribution < 1.29 is 24.0 Å². The molecule has 1 unspecified atom stereocenters. The summed E-state index contributed by atoms with van der Waals surface area (Å²) in [6, 6.07) is 0. The topological polar surface area (TPSA) is 83.8 Å². The summed E-state index contributed by atoms with van der Waals surface area (Å²) in [4.78, 5) is 20.6. The number of carboxylic acids is 1. The van der Waals surface area contributed by atoms with Crippen LogP contribution in [0.4, 0.5) is 0 Å². The summed E-state index contributed by atoms with van der Waals surface area (Å²) in [7, 11) is 0. The number of hydrogen-bond acceptors (Lipinski definition) is 6. The van der Waals surface area contributed by atoms with E-state index in [-0.39, 0.29) is 5.92 Å². The average Bonchev–Trinajstić information content (AvgIpc) is 2.24. The van der Waals surface area contributed by atoms with Crippen molar-refractivity contribution in [2.24, 2.45) is 11.8 Å². The molecule has 0 saturated heterocycles. The van der Waals surface area contributed by atoms with E-state index in [1.54, 1.807) is 0 Å². The predicted molar refractivity (Wildman–Crippen MR) is 77.9 cm³/mol. The molecule has 2 N–H and O–H groups in total. The van der Waals surface area contributed by atoms with E-state index in [4.69, 9.17) is 9.29 Å². The highest BCUT2D eigenvalue weighted by Gasteiger charge is 2.41. The molecule has 1 atom stereocenters. The normalized spacial score (nSPS) is 14.5. The summed E-state index contributed by atoms with van der Waals surface area (Å²) in [5.41, 5.74) is 0. The largest absolute Gasteiger partial charge is 0.481 e. The smallest absolute Gasteiger partial charge is 0.361 e. The molecule has 0 radical (unpaired) electrons. The first-order chi connectivity index (χ1) is 8.67. The van der Waals surface area contributed by atoms with Crippen molar-refractivity contribution in [3.8, 4) is 0 Å². The minimum Gasteiger partial charge on any atom is -0.481 e. The molecule has 19 heavy (non-hydrogen) atoms. The Hall–Kier alpha value is -0.400. The van der Waals surface area contributed by atoms with Gasteiger partial charge in [0.2, 0.25) is 4.93 Å².